The third kappa shape index (κ3) is 5.90. The van der Waals surface area contributed by atoms with Crippen LogP contribution in [0.4, 0.5) is 0 Å². The highest BCUT2D eigenvalue weighted by Gasteiger charge is 2.07. The highest BCUT2D eigenvalue weighted by atomic mass is 16.5. The predicted octanol–water partition coefficient (Wildman–Crippen LogP) is 2.85. The summed E-state index contributed by atoms with van der Waals surface area (Å²) in [5.41, 5.74) is 3.30. The molecule has 0 radical (unpaired) electrons. The molecule has 0 unspecified atom stereocenters. The maximum atomic E-state index is 12.3. The molecule has 0 saturated heterocycles. The third-order valence-electron chi connectivity index (χ3n) is 4.35. The lowest BCUT2D eigenvalue weighted by Gasteiger charge is -2.08. The van der Waals surface area contributed by atoms with Crippen molar-refractivity contribution in [2.75, 3.05) is 20.2 Å². The molecule has 2 N–H and O–H groups in total. The lowest BCUT2D eigenvalue weighted by molar-refractivity contribution is -0.120. The summed E-state index contributed by atoms with van der Waals surface area (Å²) >= 11 is 0. The van der Waals surface area contributed by atoms with Gasteiger partial charge in [-0.1, -0.05) is 30.3 Å². The fourth-order valence-corrected chi connectivity index (χ4v) is 2.83. The zero-order valence-electron chi connectivity index (χ0n) is 16.2. The molecule has 3 rings (SSSR count). The number of hydrogen-bond donors (Lipinski definition) is 2. The number of aromatic nitrogens is 1. The summed E-state index contributed by atoms with van der Waals surface area (Å²) in [6, 6.07) is 20.6. The van der Waals surface area contributed by atoms with Gasteiger partial charge in [-0.15, -0.1) is 0 Å². The minimum atomic E-state index is -0.179. The van der Waals surface area contributed by atoms with E-state index in [0.717, 1.165) is 16.9 Å². The van der Waals surface area contributed by atoms with Gasteiger partial charge in [-0.2, -0.15) is 0 Å². The summed E-state index contributed by atoms with van der Waals surface area (Å²) < 4.78 is 5.25. The van der Waals surface area contributed by atoms with Crippen LogP contribution in [0.3, 0.4) is 0 Å². The second kappa shape index (κ2) is 10.0. The van der Waals surface area contributed by atoms with Gasteiger partial charge < -0.3 is 15.4 Å². The molecule has 0 fully saturated rings. The van der Waals surface area contributed by atoms with Crippen LogP contribution in [0.2, 0.25) is 0 Å². The zero-order chi connectivity index (χ0) is 20.5. The number of benzene rings is 2. The highest BCUT2D eigenvalue weighted by molar-refractivity contribution is 5.94. The fourth-order valence-electron chi connectivity index (χ4n) is 2.83. The van der Waals surface area contributed by atoms with E-state index in [1.165, 1.54) is 0 Å². The number of amides is 2. The molecule has 0 aliphatic heterocycles. The van der Waals surface area contributed by atoms with Crippen LogP contribution in [0.25, 0.3) is 11.1 Å². The summed E-state index contributed by atoms with van der Waals surface area (Å²) in [5, 5.41) is 5.58. The van der Waals surface area contributed by atoms with Crippen LogP contribution in [0, 0.1) is 0 Å². The van der Waals surface area contributed by atoms with Gasteiger partial charge in [0.1, 0.15) is 5.75 Å². The van der Waals surface area contributed by atoms with Crippen molar-refractivity contribution in [1.82, 2.24) is 15.6 Å². The molecule has 6 nitrogen and oxygen atoms in total. The van der Waals surface area contributed by atoms with Gasteiger partial charge >= 0.3 is 0 Å². The van der Waals surface area contributed by atoms with E-state index in [4.69, 9.17) is 4.74 Å². The second-order valence-electron chi connectivity index (χ2n) is 6.41. The number of pyridine rings is 1. The van der Waals surface area contributed by atoms with Gasteiger partial charge in [0, 0.05) is 30.5 Å². The van der Waals surface area contributed by atoms with Gasteiger partial charge in [-0.25, -0.2) is 0 Å². The molecule has 2 aromatic carbocycles. The minimum Gasteiger partial charge on any atom is -0.497 e. The third-order valence-corrected chi connectivity index (χ3v) is 4.35. The molecule has 0 aliphatic carbocycles. The van der Waals surface area contributed by atoms with Crippen molar-refractivity contribution < 1.29 is 14.3 Å². The van der Waals surface area contributed by atoms with Crippen LogP contribution in [-0.4, -0.2) is 37.0 Å². The van der Waals surface area contributed by atoms with E-state index in [9.17, 15) is 9.59 Å². The van der Waals surface area contributed by atoms with Crippen LogP contribution in [-0.2, 0) is 11.2 Å². The second-order valence-corrected chi connectivity index (χ2v) is 6.41. The first kappa shape index (κ1) is 20.1. The molecule has 0 bridgehead atoms. The number of carbonyl (C=O) groups excluding carboxylic acids is 2. The van der Waals surface area contributed by atoms with Crippen LogP contribution in [0.15, 0.2) is 72.9 Å². The smallest absolute Gasteiger partial charge is 0.251 e. The van der Waals surface area contributed by atoms with Gasteiger partial charge in [0.05, 0.1) is 13.5 Å². The van der Waals surface area contributed by atoms with Crippen LogP contribution < -0.4 is 15.4 Å². The Kier molecular flexibility index (Phi) is 6.95. The molecule has 29 heavy (non-hydrogen) atoms. The molecule has 0 spiro atoms. The molecule has 3 aromatic rings. The van der Waals surface area contributed by atoms with E-state index in [1.54, 1.807) is 37.6 Å². The topological polar surface area (TPSA) is 80.3 Å². The first-order valence-corrected chi connectivity index (χ1v) is 9.35. The van der Waals surface area contributed by atoms with Gasteiger partial charge in [0.2, 0.25) is 5.91 Å². The highest BCUT2D eigenvalue weighted by Crippen LogP contribution is 2.24. The Morgan fingerprint density at radius 1 is 0.897 bits per heavy atom. The van der Waals surface area contributed by atoms with Crippen molar-refractivity contribution >= 4 is 11.8 Å². The minimum absolute atomic E-state index is 0.124. The zero-order valence-corrected chi connectivity index (χ0v) is 16.2. The SMILES string of the molecule is COc1cccc(-c2ccc(C(=O)NCCNC(=O)Cc3ccccn3)cc2)c1. The first-order valence-electron chi connectivity index (χ1n) is 9.35. The van der Waals surface area contributed by atoms with Crippen LogP contribution in [0.5, 0.6) is 5.75 Å². The molecule has 6 heteroatoms. The van der Waals surface area contributed by atoms with Crippen molar-refractivity contribution in [3.63, 3.8) is 0 Å². The van der Waals surface area contributed by atoms with Crippen molar-refractivity contribution in [3.05, 3.63) is 84.2 Å². The van der Waals surface area contributed by atoms with Crippen molar-refractivity contribution in [3.8, 4) is 16.9 Å². The van der Waals surface area contributed by atoms with Crippen molar-refractivity contribution in [2.24, 2.45) is 0 Å². The van der Waals surface area contributed by atoms with Crippen molar-refractivity contribution in [2.45, 2.75) is 6.42 Å². The monoisotopic (exact) mass is 389 g/mol. The number of ether oxygens (including phenoxy) is 1. The van der Waals surface area contributed by atoms with E-state index in [1.807, 2.05) is 42.5 Å². The van der Waals surface area contributed by atoms with Crippen LogP contribution in [0.1, 0.15) is 16.1 Å². The van der Waals surface area contributed by atoms with Gasteiger partial charge in [0.15, 0.2) is 0 Å². The standard InChI is InChI=1S/C23H23N3O3/c1-29-21-7-4-5-19(15-21)17-8-10-18(11-9-17)23(28)26-14-13-25-22(27)16-20-6-2-3-12-24-20/h2-12,15H,13-14,16H2,1H3,(H,25,27)(H,26,28). The fraction of sp³-hybridized carbons (Fsp3) is 0.174. The Labute approximate surface area is 169 Å². The number of nitrogens with zero attached hydrogens (tertiary/aromatic N) is 1. The maximum absolute atomic E-state index is 12.3. The van der Waals surface area contributed by atoms with Crippen molar-refractivity contribution in [1.29, 1.82) is 0 Å². The molecule has 148 valence electrons. The molecule has 1 heterocycles. The Hall–Kier alpha value is -3.67. The lowest BCUT2D eigenvalue weighted by atomic mass is 10.0. The molecule has 0 aliphatic rings. The number of rotatable bonds is 8. The summed E-state index contributed by atoms with van der Waals surface area (Å²) in [6.07, 6.45) is 1.88. The summed E-state index contributed by atoms with van der Waals surface area (Å²) in [7, 11) is 1.63. The molecule has 0 atom stereocenters. The van der Waals surface area contributed by atoms with Crippen LogP contribution >= 0.6 is 0 Å². The largest absolute Gasteiger partial charge is 0.497 e. The van der Waals surface area contributed by atoms with E-state index in [0.29, 0.717) is 24.3 Å². The Morgan fingerprint density at radius 2 is 1.69 bits per heavy atom. The van der Waals surface area contributed by atoms with E-state index < -0.39 is 0 Å². The van der Waals surface area contributed by atoms with Gasteiger partial charge in [-0.05, 0) is 47.5 Å². The van der Waals surface area contributed by atoms with E-state index >= 15 is 0 Å². The average molecular weight is 389 g/mol. The molecular formula is C23H23N3O3. The van der Waals surface area contributed by atoms with E-state index in [2.05, 4.69) is 15.6 Å². The number of carbonyl (C=O) groups is 2. The Morgan fingerprint density at radius 3 is 2.41 bits per heavy atom. The summed E-state index contributed by atoms with van der Waals surface area (Å²) in [4.78, 5) is 28.3. The Balaban J connectivity index is 1.45. The average Bonchev–Trinajstić information content (AvgIpc) is 2.77. The lowest BCUT2D eigenvalue weighted by Crippen LogP contribution is -2.35. The first-order chi connectivity index (χ1) is 14.2. The number of nitrogens with one attached hydrogen (secondary N) is 2. The Bertz CT molecular complexity index is 957. The van der Waals surface area contributed by atoms with Gasteiger partial charge in [-0.3, -0.25) is 14.6 Å². The molecule has 2 amide bonds. The number of hydrogen-bond acceptors (Lipinski definition) is 4. The maximum Gasteiger partial charge on any atom is 0.251 e. The molecule has 0 saturated carbocycles. The molecular weight excluding hydrogens is 366 g/mol. The quantitative estimate of drug-likeness (QED) is 0.581. The summed E-state index contributed by atoms with van der Waals surface area (Å²) in [6.45, 7) is 0.712. The van der Waals surface area contributed by atoms with E-state index in [-0.39, 0.29) is 18.2 Å². The predicted molar refractivity (Wildman–Crippen MR) is 112 cm³/mol. The molecule has 1 aromatic heterocycles. The normalized spacial score (nSPS) is 10.2. The summed E-state index contributed by atoms with van der Waals surface area (Å²) in [5.74, 6) is 0.483. The van der Waals surface area contributed by atoms with Gasteiger partial charge in [0.25, 0.3) is 5.91 Å². The number of methoxy groups -OCH3 is 1.